The van der Waals surface area contributed by atoms with Crippen molar-refractivity contribution in [1.82, 2.24) is 14.9 Å². The second-order valence-corrected chi connectivity index (χ2v) is 16.3. The molecule has 49 heavy (non-hydrogen) atoms. The summed E-state index contributed by atoms with van der Waals surface area (Å²) in [6, 6.07) is 10.6. The number of carbonyl (C=O) groups excluding carboxylic acids is 2. The van der Waals surface area contributed by atoms with Crippen LogP contribution in [0.15, 0.2) is 53.4 Å². The Kier molecular flexibility index (Phi) is 10.8. The van der Waals surface area contributed by atoms with Gasteiger partial charge in [-0.2, -0.15) is 0 Å². The summed E-state index contributed by atoms with van der Waals surface area (Å²) in [5, 5.41) is 3.71. The lowest BCUT2D eigenvalue weighted by atomic mass is 9.70. The average Bonchev–Trinajstić information content (AvgIpc) is 3.43. The van der Waals surface area contributed by atoms with E-state index in [9.17, 15) is 18.0 Å². The maximum absolute atomic E-state index is 13.6. The first-order chi connectivity index (χ1) is 23.4. The predicted octanol–water partition coefficient (Wildman–Crippen LogP) is 5.06. The number of benzene rings is 2. The molecule has 2 aromatic carbocycles. The molecule has 2 amide bonds. The van der Waals surface area contributed by atoms with E-state index in [0.29, 0.717) is 36.2 Å². The number of rotatable bonds is 2. The molecule has 1 saturated heterocycles. The van der Waals surface area contributed by atoms with Crippen molar-refractivity contribution in [2.45, 2.75) is 81.6 Å². The van der Waals surface area contributed by atoms with Gasteiger partial charge in [-0.25, -0.2) is 17.9 Å². The quantitative estimate of drug-likeness (QED) is 0.411. The van der Waals surface area contributed by atoms with Crippen LogP contribution in [-0.2, 0) is 37.3 Å². The van der Waals surface area contributed by atoms with Crippen LogP contribution in [0.1, 0.15) is 57.1 Å². The summed E-state index contributed by atoms with van der Waals surface area (Å²) in [7, 11) is -2.20. The van der Waals surface area contributed by atoms with E-state index in [0.717, 1.165) is 62.7 Å². The van der Waals surface area contributed by atoms with Crippen molar-refractivity contribution in [2.24, 2.45) is 11.8 Å². The van der Waals surface area contributed by atoms with E-state index < -0.39 is 33.7 Å². The fourth-order valence-corrected chi connectivity index (χ4v) is 8.40. The molecule has 0 spiro atoms. The van der Waals surface area contributed by atoms with Crippen molar-refractivity contribution in [3.05, 3.63) is 64.7 Å². The fourth-order valence-electron chi connectivity index (χ4n) is 7.08. The number of ether oxygens (including phenoxy) is 3. The first kappa shape index (κ1) is 35.5. The number of carbonyl (C=O) groups is 2. The number of likely N-dealkylation sites (tertiary alicyclic amines) is 1. The van der Waals surface area contributed by atoms with Crippen LogP contribution in [-0.4, -0.2) is 82.9 Å². The molecule has 2 fully saturated rings. The van der Waals surface area contributed by atoms with Gasteiger partial charge < -0.3 is 29.3 Å². The van der Waals surface area contributed by atoms with Gasteiger partial charge in [-0.3, -0.25) is 4.79 Å². The van der Waals surface area contributed by atoms with E-state index in [2.05, 4.69) is 19.8 Å². The van der Waals surface area contributed by atoms with E-state index in [4.69, 9.17) is 25.8 Å². The molecule has 2 N–H and O–H groups in total. The maximum Gasteiger partial charge on any atom is 0.407 e. The number of hydrogen-bond donors (Lipinski definition) is 2. The number of sulfonamides is 1. The molecular formula is C36H47ClN4O7S. The molecule has 2 aromatic rings. The number of aryl methyl sites for hydroxylation is 1. The smallest absolute Gasteiger partial charge is 0.407 e. The molecule has 0 radical (unpaired) electrons. The fraction of sp³-hybridized carbons (Fsp3) is 0.556. The Hall–Kier alpha value is -3.32. The van der Waals surface area contributed by atoms with Crippen LogP contribution in [0.25, 0.3) is 0 Å². The van der Waals surface area contributed by atoms with Crippen molar-refractivity contribution in [3.63, 3.8) is 0 Å². The highest BCUT2D eigenvalue weighted by Crippen LogP contribution is 2.42. The third-order valence-corrected chi connectivity index (χ3v) is 11.8. The lowest BCUT2D eigenvalue weighted by Gasteiger charge is -2.43. The molecule has 1 saturated carbocycles. The van der Waals surface area contributed by atoms with Crippen LogP contribution in [0, 0.1) is 11.8 Å². The first-order valence-corrected chi connectivity index (χ1v) is 19.1. The van der Waals surface area contributed by atoms with Crippen molar-refractivity contribution in [2.75, 3.05) is 44.7 Å². The predicted molar refractivity (Wildman–Crippen MR) is 187 cm³/mol. The molecule has 13 heteroatoms. The molecule has 266 valence electrons. The maximum atomic E-state index is 13.6. The number of likely N-dealkylation sites (N-methyl/N-ethyl adjacent to an activating group) is 1. The number of fused-ring (bicyclic) bond motifs is 3. The minimum Gasteiger partial charge on any atom is -0.487 e. The standard InChI is InChI=1S/C36H47ClN4O7S/c1-36(2)34(42)39-49(44,45)29-12-14-33-31(20-29)41(16-5-4-7-24-19-27(37)11-9-26(24)23-46-33)21-25-10-13-30(25)32(8-6-18-47-36)48-35(43)38-28-15-17-40(3)22-28/h6,8-9,11-12,14,19-20,25,28,30,32H,4-5,7,10,13,15-18,21-23H2,1-3H3,(H,38,43)(H,39,42)/b8-6+/t25-,28+,30+,32-/m0/s1. The van der Waals surface area contributed by atoms with Gasteiger partial charge in [0.1, 0.15) is 24.1 Å². The summed E-state index contributed by atoms with van der Waals surface area (Å²) in [6.45, 7) is 6.33. The molecule has 3 heterocycles. The zero-order valence-electron chi connectivity index (χ0n) is 28.5. The minimum atomic E-state index is -4.24. The zero-order chi connectivity index (χ0) is 34.8. The first-order valence-electron chi connectivity index (χ1n) is 17.2. The van der Waals surface area contributed by atoms with Gasteiger partial charge >= 0.3 is 6.09 Å². The topological polar surface area (TPSA) is 127 Å². The van der Waals surface area contributed by atoms with E-state index >= 15 is 0 Å². The Morgan fingerprint density at radius 3 is 2.65 bits per heavy atom. The lowest BCUT2D eigenvalue weighted by Crippen LogP contribution is -2.47. The summed E-state index contributed by atoms with van der Waals surface area (Å²) in [5.41, 5.74) is 1.34. The molecule has 1 aliphatic carbocycles. The van der Waals surface area contributed by atoms with Gasteiger partial charge in [-0.1, -0.05) is 23.7 Å². The summed E-state index contributed by atoms with van der Waals surface area (Å²) >= 11 is 6.34. The summed E-state index contributed by atoms with van der Waals surface area (Å²) < 4.78 is 47.8. The molecule has 0 unspecified atom stereocenters. The highest BCUT2D eigenvalue weighted by molar-refractivity contribution is 7.90. The van der Waals surface area contributed by atoms with Gasteiger partial charge in [0.2, 0.25) is 0 Å². The molecule has 0 aromatic heterocycles. The summed E-state index contributed by atoms with van der Waals surface area (Å²) in [4.78, 5) is 30.7. The number of hydrogen-bond acceptors (Lipinski definition) is 9. The van der Waals surface area contributed by atoms with Crippen molar-refractivity contribution >= 4 is 39.3 Å². The minimum absolute atomic E-state index is 0.0304. The molecule has 6 rings (SSSR count). The molecule has 4 atom stereocenters. The van der Waals surface area contributed by atoms with Gasteiger partial charge in [-0.05, 0) is 119 Å². The van der Waals surface area contributed by atoms with Gasteiger partial charge in [0.05, 0.1) is 17.2 Å². The second kappa shape index (κ2) is 14.9. The van der Waals surface area contributed by atoms with E-state index in [1.807, 2.05) is 31.3 Å². The number of nitrogens with zero attached hydrogens (tertiary/aromatic N) is 2. The van der Waals surface area contributed by atoms with Crippen LogP contribution in [0.2, 0.25) is 5.02 Å². The SMILES string of the molecule is CN1CC[C@@H](NC(=O)O[C@H]2/C=C/COC(C)(C)C(=O)NS(=O)(=O)c3ccc4c(c3)N(CCCCc3cc(Cl)ccc3CO4)C[C@@H]3CC[C@H]32)C1. The van der Waals surface area contributed by atoms with Gasteiger partial charge in [0, 0.05) is 36.6 Å². The Bertz CT molecular complexity index is 1680. The number of alkyl carbamates (subject to hydrolysis) is 1. The van der Waals surface area contributed by atoms with Gasteiger partial charge in [0.15, 0.2) is 0 Å². The Morgan fingerprint density at radius 1 is 1.06 bits per heavy atom. The van der Waals surface area contributed by atoms with Crippen LogP contribution in [0.4, 0.5) is 10.5 Å². The van der Waals surface area contributed by atoms with Crippen molar-refractivity contribution in [3.8, 4) is 5.75 Å². The average molecular weight is 715 g/mol. The largest absolute Gasteiger partial charge is 0.487 e. The monoisotopic (exact) mass is 714 g/mol. The lowest BCUT2D eigenvalue weighted by molar-refractivity contribution is -0.139. The Morgan fingerprint density at radius 2 is 1.90 bits per heavy atom. The van der Waals surface area contributed by atoms with Crippen LogP contribution < -0.4 is 19.7 Å². The zero-order valence-corrected chi connectivity index (χ0v) is 30.0. The molecule has 2 bridgehead atoms. The number of anilines is 1. The van der Waals surface area contributed by atoms with Crippen molar-refractivity contribution in [1.29, 1.82) is 0 Å². The highest BCUT2D eigenvalue weighted by Gasteiger charge is 2.40. The third-order valence-electron chi connectivity index (χ3n) is 10.2. The number of halogens is 1. The second-order valence-electron chi connectivity index (χ2n) is 14.2. The van der Waals surface area contributed by atoms with Crippen molar-refractivity contribution < 1.29 is 32.2 Å². The van der Waals surface area contributed by atoms with Crippen LogP contribution in [0.3, 0.4) is 0 Å². The Balaban J connectivity index is 1.34. The normalized spacial score (nSPS) is 27.9. The number of nitrogens with one attached hydrogen (secondary N) is 2. The van der Waals surface area contributed by atoms with E-state index in [-0.39, 0.29) is 29.4 Å². The molecule has 4 aliphatic rings. The molecule has 3 aliphatic heterocycles. The van der Waals surface area contributed by atoms with Gasteiger partial charge in [-0.15, -0.1) is 0 Å². The van der Waals surface area contributed by atoms with E-state index in [1.54, 1.807) is 18.2 Å². The highest BCUT2D eigenvalue weighted by atomic mass is 35.5. The molecule has 11 nitrogen and oxygen atoms in total. The van der Waals surface area contributed by atoms with Crippen LogP contribution in [0.5, 0.6) is 5.75 Å². The summed E-state index contributed by atoms with van der Waals surface area (Å²) in [6.07, 6.45) is 7.91. The molecular weight excluding hydrogens is 668 g/mol. The summed E-state index contributed by atoms with van der Waals surface area (Å²) in [5.74, 6) is -0.0411. The van der Waals surface area contributed by atoms with Gasteiger partial charge in [0.25, 0.3) is 15.9 Å². The van der Waals surface area contributed by atoms with E-state index in [1.165, 1.54) is 19.9 Å². The van der Waals surface area contributed by atoms with Crippen LogP contribution >= 0.6 is 11.6 Å². The Labute approximate surface area is 294 Å². The number of amides is 2. The third kappa shape index (κ3) is 8.53.